The van der Waals surface area contributed by atoms with Crippen LogP contribution in [0, 0.1) is 10.1 Å². The molecule has 5 aromatic rings. The molecule has 0 saturated carbocycles. The van der Waals surface area contributed by atoms with Crippen LogP contribution in [0.4, 0.5) is 5.69 Å². The van der Waals surface area contributed by atoms with Crippen LogP contribution in [-0.4, -0.2) is 14.9 Å². The van der Waals surface area contributed by atoms with Gasteiger partial charge in [0.05, 0.1) is 27.5 Å². The molecule has 6 heteroatoms. The Hall–Kier alpha value is -4.09. The number of benzene rings is 3. The van der Waals surface area contributed by atoms with E-state index in [-0.39, 0.29) is 10.6 Å². The topological polar surface area (TPSA) is 68.9 Å². The Morgan fingerprint density at radius 3 is 2.44 bits per heavy atom. The zero-order valence-electron chi connectivity index (χ0n) is 18.0. The molecule has 5 nitrogen and oxygen atoms in total. The molecule has 0 aliphatic heterocycles. The molecular formula is C28H18ClN3O2. The fraction of sp³-hybridized carbons (Fsp3) is 0.0714. The summed E-state index contributed by atoms with van der Waals surface area (Å²) in [6.07, 6.45) is 1.55. The first kappa shape index (κ1) is 20.5. The number of aromatic nitrogens is 2. The molecule has 0 unspecified atom stereocenters. The summed E-state index contributed by atoms with van der Waals surface area (Å²) in [7, 11) is 0. The fourth-order valence-corrected chi connectivity index (χ4v) is 4.78. The second-order valence-electron chi connectivity index (χ2n) is 8.37. The maximum absolute atomic E-state index is 11.5. The van der Waals surface area contributed by atoms with Crippen LogP contribution in [0.1, 0.15) is 11.3 Å². The van der Waals surface area contributed by atoms with E-state index in [2.05, 4.69) is 12.1 Å². The zero-order chi connectivity index (χ0) is 23.2. The molecule has 34 heavy (non-hydrogen) atoms. The fourth-order valence-electron chi connectivity index (χ4n) is 4.66. The van der Waals surface area contributed by atoms with Crippen LogP contribution in [0.3, 0.4) is 0 Å². The predicted molar refractivity (Wildman–Crippen MR) is 135 cm³/mol. The van der Waals surface area contributed by atoms with Crippen LogP contribution in [0.25, 0.3) is 44.5 Å². The van der Waals surface area contributed by atoms with Gasteiger partial charge in [-0.1, -0.05) is 54.1 Å². The molecule has 0 saturated heterocycles. The summed E-state index contributed by atoms with van der Waals surface area (Å²) < 4.78 is 0. The number of fused-ring (bicyclic) bond motifs is 4. The SMILES string of the molecule is O=[N+]([O-])c1cccc(-c2cc(-c3ccc(Cl)cc3)nc3c2CCc2nc4ccccc4cc2-3)c1. The lowest BCUT2D eigenvalue weighted by atomic mass is 9.85. The molecule has 164 valence electrons. The van der Waals surface area contributed by atoms with Crippen LogP contribution < -0.4 is 0 Å². The van der Waals surface area contributed by atoms with Gasteiger partial charge in [0.2, 0.25) is 0 Å². The van der Waals surface area contributed by atoms with E-state index in [1.54, 1.807) is 12.1 Å². The molecule has 0 fully saturated rings. The van der Waals surface area contributed by atoms with Gasteiger partial charge in [-0.2, -0.15) is 0 Å². The van der Waals surface area contributed by atoms with Gasteiger partial charge in [0.1, 0.15) is 0 Å². The van der Waals surface area contributed by atoms with E-state index >= 15 is 0 Å². The Labute approximate surface area is 200 Å². The number of para-hydroxylation sites is 1. The van der Waals surface area contributed by atoms with Gasteiger partial charge in [0, 0.05) is 33.7 Å². The van der Waals surface area contributed by atoms with Crippen LogP contribution in [0.15, 0.2) is 84.9 Å². The third-order valence-electron chi connectivity index (χ3n) is 6.30. The monoisotopic (exact) mass is 463 g/mol. The summed E-state index contributed by atoms with van der Waals surface area (Å²) in [4.78, 5) is 21.1. The van der Waals surface area contributed by atoms with Crippen molar-refractivity contribution in [3.05, 3.63) is 111 Å². The highest BCUT2D eigenvalue weighted by Gasteiger charge is 2.24. The molecule has 0 N–H and O–H groups in total. The zero-order valence-corrected chi connectivity index (χ0v) is 18.8. The second kappa shape index (κ2) is 8.04. The molecular weight excluding hydrogens is 446 g/mol. The minimum Gasteiger partial charge on any atom is -0.258 e. The molecule has 0 spiro atoms. The summed E-state index contributed by atoms with van der Waals surface area (Å²) >= 11 is 6.12. The third-order valence-corrected chi connectivity index (χ3v) is 6.55. The smallest absolute Gasteiger partial charge is 0.258 e. The van der Waals surface area contributed by atoms with Crippen molar-refractivity contribution < 1.29 is 4.92 Å². The van der Waals surface area contributed by atoms with Crippen LogP contribution in [0.2, 0.25) is 5.02 Å². The summed E-state index contributed by atoms with van der Waals surface area (Å²) in [6, 6.07) is 26.6. The number of hydrogen-bond acceptors (Lipinski definition) is 4. The quantitative estimate of drug-likeness (QED) is 0.208. The predicted octanol–water partition coefficient (Wildman–Crippen LogP) is 7.29. The van der Waals surface area contributed by atoms with Gasteiger partial charge in [0.15, 0.2) is 0 Å². The van der Waals surface area contributed by atoms with E-state index in [1.165, 1.54) is 6.07 Å². The molecule has 2 heterocycles. The highest BCUT2D eigenvalue weighted by Crippen LogP contribution is 2.41. The normalized spacial score (nSPS) is 12.3. The van der Waals surface area contributed by atoms with Crippen molar-refractivity contribution in [3.63, 3.8) is 0 Å². The van der Waals surface area contributed by atoms with Crippen LogP contribution in [-0.2, 0) is 12.8 Å². The van der Waals surface area contributed by atoms with Gasteiger partial charge >= 0.3 is 0 Å². The minimum atomic E-state index is -0.359. The van der Waals surface area contributed by atoms with Gasteiger partial charge in [0.25, 0.3) is 5.69 Å². The lowest BCUT2D eigenvalue weighted by Gasteiger charge is -2.23. The summed E-state index contributed by atoms with van der Waals surface area (Å²) in [5.41, 5.74) is 8.53. The van der Waals surface area contributed by atoms with Gasteiger partial charge in [-0.05, 0) is 59.9 Å². The van der Waals surface area contributed by atoms with Crippen molar-refractivity contribution in [1.82, 2.24) is 9.97 Å². The highest BCUT2D eigenvalue weighted by molar-refractivity contribution is 6.30. The second-order valence-corrected chi connectivity index (χ2v) is 8.81. The average Bonchev–Trinajstić information content (AvgIpc) is 2.87. The van der Waals surface area contributed by atoms with Crippen molar-refractivity contribution >= 4 is 28.2 Å². The van der Waals surface area contributed by atoms with Crippen molar-refractivity contribution in [3.8, 4) is 33.6 Å². The number of hydrogen-bond donors (Lipinski definition) is 0. The van der Waals surface area contributed by atoms with E-state index in [1.807, 2.05) is 54.6 Å². The van der Waals surface area contributed by atoms with E-state index < -0.39 is 0 Å². The molecule has 6 rings (SSSR count). The number of non-ortho nitro benzene ring substituents is 1. The Bertz CT molecular complexity index is 1600. The number of aryl methyl sites for hydroxylation is 1. The van der Waals surface area contributed by atoms with Crippen molar-refractivity contribution in [2.45, 2.75) is 12.8 Å². The Kier molecular flexibility index (Phi) is 4.85. The van der Waals surface area contributed by atoms with Crippen LogP contribution in [0.5, 0.6) is 0 Å². The first-order valence-corrected chi connectivity index (χ1v) is 11.4. The largest absolute Gasteiger partial charge is 0.270 e. The van der Waals surface area contributed by atoms with Gasteiger partial charge < -0.3 is 0 Å². The Balaban J connectivity index is 1.64. The number of pyridine rings is 2. The van der Waals surface area contributed by atoms with Crippen LogP contribution >= 0.6 is 11.6 Å². The minimum absolute atomic E-state index is 0.0694. The van der Waals surface area contributed by atoms with E-state index in [9.17, 15) is 10.1 Å². The highest BCUT2D eigenvalue weighted by atomic mass is 35.5. The number of nitro groups is 1. The summed E-state index contributed by atoms with van der Waals surface area (Å²) in [5, 5.41) is 13.2. The molecule has 0 amide bonds. The number of nitrogens with zero attached hydrogens (tertiary/aromatic N) is 3. The van der Waals surface area contributed by atoms with Crippen molar-refractivity contribution in [2.24, 2.45) is 0 Å². The van der Waals surface area contributed by atoms with Crippen molar-refractivity contribution in [1.29, 1.82) is 0 Å². The van der Waals surface area contributed by atoms with E-state index in [0.29, 0.717) is 5.02 Å². The lowest BCUT2D eigenvalue weighted by molar-refractivity contribution is -0.384. The molecule has 0 atom stereocenters. The Morgan fingerprint density at radius 1 is 0.794 bits per heavy atom. The summed E-state index contributed by atoms with van der Waals surface area (Å²) in [6.45, 7) is 0. The average molecular weight is 464 g/mol. The lowest BCUT2D eigenvalue weighted by Crippen LogP contribution is -2.10. The third kappa shape index (κ3) is 3.51. The van der Waals surface area contributed by atoms with Gasteiger partial charge in [-0.25, -0.2) is 4.98 Å². The standard InChI is InChI=1S/C28H18ClN3O2/c29-20-10-8-17(9-11-20)27-16-23(18-5-3-6-21(14-18)32(33)34)22-12-13-26-24(28(22)31-27)15-19-4-1-2-7-25(19)30-26/h1-11,14-16H,12-13H2. The number of nitro benzene ring substituents is 1. The maximum atomic E-state index is 11.5. The number of halogens is 1. The first-order valence-electron chi connectivity index (χ1n) is 11.0. The maximum Gasteiger partial charge on any atom is 0.270 e. The number of rotatable bonds is 3. The van der Waals surface area contributed by atoms with Gasteiger partial charge in [-0.15, -0.1) is 0 Å². The summed E-state index contributed by atoms with van der Waals surface area (Å²) in [5.74, 6) is 0. The molecule has 1 aliphatic carbocycles. The molecule has 2 aromatic heterocycles. The van der Waals surface area contributed by atoms with Gasteiger partial charge in [-0.3, -0.25) is 15.1 Å². The first-order chi connectivity index (χ1) is 16.6. The molecule has 0 bridgehead atoms. The molecule has 0 radical (unpaired) electrons. The van der Waals surface area contributed by atoms with E-state index in [0.717, 1.165) is 68.6 Å². The molecule has 1 aliphatic rings. The van der Waals surface area contributed by atoms with Crippen molar-refractivity contribution in [2.75, 3.05) is 0 Å². The molecule has 3 aromatic carbocycles. The Morgan fingerprint density at radius 2 is 1.62 bits per heavy atom. The van der Waals surface area contributed by atoms with E-state index in [4.69, 9.17) is 21.6 Å².